The van der Waals surface area contributed by atoms with Crippen LogP contribution in [0, 0.1) is 5.92 Å². The van der Waals surface area contributed by atoms with Gasteiger partial charge < -0.3 is 39.7 Å². The van der Waals surface area contributed by atoms with E-state index in [1.54, 1.807) is 0 Å². The number of hydrogen-bond donors (Lipinski definition) is 5. The predicted molar refractivity (Wildman–Crippen MR) is 219 cm³/mol. The van der Waals surface area contributed by atoms with Gasteiger partial charge in [-0.25, -0.2) is 0 Å². The topological polar surface area (TPSA) is 163 Å². The van der Waals surface area contributed by atoms with E-state index in [4.69, 9.17) is 14.2 Å². The average molecular weight is 775 g/mol. The van der Waals surface area contributed by atoms with Crippen molar-refractivity contribution in [2.75, 3.05) is 13.2 Å². The molecule has 0 saturated carbocycles. The molecule has 1 fully saturated rings. The molecule has 55 heavy (non-hydrogen) atoms. The smallest absolute Gasteiger partial charge is 0.306 e. The third-order valence-electron chi connectivity index (χ3n) is 9.47. The van der Waals surface area contributed by atoms with Crippen LogP contribution in [0.2, 0.25) is 0 Å². The van der Waals surface area contributed by atoms with E-state index in [1.807, 2.05) is 0 Å². The Kier molecular flexibility index (Phi) is 31.4. The van der Waals surface area contributed by atoms with Gasteiger partial charge >= 0.3 is 11.9 Å². The summed E-state index contributed by atoms with van der Waals surface area (Å²) in [6, 6.07) is 0. The zero-order valence-corrected chi connectivity index (χ0v) is 33.8. The second-order valence-corrected chi connectivity index (χ2v) is 14.3. The Balaban J connectivity index is 2.55. The van der Waals surface area contributed by atoms with Crippen LogP contribution in [-0.4, -0.2) is 87.5 Å². The number of rotatable bonds is 33. The van der Waals surface area contributed by atoms with Crippen molar-refractivity contribution in [2.45, 2.75) is 179 Å². The highest BCUT2D eigenvalue weighted by atomic mass is 16.7. The Bertz CT molecular complexity index is 1140. The van der Waals surface area contributed by atoms with Crippen molar-refractivity contribution in [1.29, 1.82) is 0 Å². The fraction of sp³-hybridized carbons (Fsp3) is 0.689. The molecule has 0 aromatic heterocycles. The highest BCUT2D eigenvalue weighted by Gasteiger charge is 2.44. The molecule has 0 aromatic rings. The number of aliphatic carboxylic acids is 1. The summed E-state index contributed by atoms with van der Waals surface area (Å²) in [4.78, 5) is 25.2. The Morgan fingerprint density at radius 2 is 1.13 bits per heavy atom. The number of hydrogen-bond acceptors (Lipinski definition) is 9. The largest absolute Gasteiger partial charge is 0.481 e. The summed E-state index contributed by atoms with van der Waals surface area (Å²) in [7, 11) is 0. The predicted octanol–water partition coefficient (Wildman–Crippen LogP) is 8.59. The minimum atomic E-state index is -1.62. The van der Waals surface area contributed by atoms with Crippen LogP contribution in [0.3, 0.4) is 0 Å². The summed E-state index contributed by atoms with van der Waals surface area (Å²) >= 11 is 0. The lowest BCUT2D eigenvalue weighted by molar-refractivity contribution is -0.305. The quantitative estimate of drug-likeness (QED) is 0.0248. The summed E-state index contributed by atoms with van der Waals surface area (Å²) in [5, 5.41) is 50.3. The maximum atomic E-state index is 12.9. The number of esters is 1. The highest BCUT2D eigenvalue weighted by Crippen LogP contribution is 2.24. The summed E-state index contributed by atoms with van der Waals surface area (Å²) in [5.41, 5.74) is 0. The number of allylic oxidation sites excluding steroid dienone is 12. The minimum Gasteiger partial charge on any atom is -0.481 e. The maximum absolute atomic E-state index is 12.9. The molecule has 0 aromatic carbocycles. The molecule has 314 valence electrons. The molecule has 0 spiro atoms. The summed E-state index contributed by atoms with van der Waals surface area (Å²) < 4.78 is 16.9. The molecular formula is C45H74O10. The van der Waals surface area contributed by atoms with Gasteiger partial charge in [0.15, 0.2) is 6.29 Å². The van der Waals surface area contributed by atoms with Gasteiger partial charge in [0, 0.05) is 6.42 Å². The molecule has 1 aliphatic rings. The Labute approximate surface area is 331 Å². The number of aliphatic hydroxyl groups is 4. The third kappa shape index (κ3) is 25.8. The SMILES string of the molecule is CCC=CCC=CCC=CCCCCCCCC(=O)OC(COC1O[C@H](CO)[C@H](O)[C@H](O)[C@H]1O)CC(CCCCCCC=CCC=CCC=CCC)C(=O)O. The van der Waals surface area contributed by atoms with E-state index in [1.165, 1.54) is 0 Å². The molecule has 1 saturated heterocycles. The first-order chi connectivity index (χ1) is 26.7. The van der Waals surface area contributed by atoms with Crippen LogP contribution in [0.25, 0.3) is 0 Å². The molecule has 5 N–H and O–H groups in total. The molecular weight excluding hydrogens is 700 g/mol. The zero-order valence-electron chi connectivity index (χ0n) is 33.8. The summed E-state index contributed by atoms with van der Waals surface area (Å²) in [6.45, 7) is 3.36. The van der Waals surface area contributed by atoms with Gasteiger partial charge in [-0.15, -0.1) is 0 Å². The molecule has 10 heteroatoms. The van der Waals surface area contributed by atoms with Gasteiger partial charge in [-0.2, -0.15) is 0 Å². The average Bonchev–Trinajstić information content (AvgIpc) is 3.17. The first kappa shape index (κ1) is 50.2. The number of carbonyl (C=O) groups is 2. The van der Waals surface area contributed by atoms with Gasteiger partial charge in [0.2, 0.25) is 0 Å². The molecule has 7 atom stereocenters. The number of carboxylic acids is 1. The fourth-order valence-corrected chi connectivity index (χ4v) is 6.18. The van der Waals surface area contributed by atoms with Crippen LogP contribution < -0.4 is 0 Å². The molecule has 0 bridgehead atoms. The van der Waals surface area contributed by atoms with E-state index in [0.717, 1.165) is 96.3 Å². The van der Waals surface area contributed by atoms with Gasteiger partial charge in [0.25, 0.3) is 0 Å². The highest BCUT2D eigenvalue weighted by molar-refractivity contribution is 5.71. The molecule has 1 rings (SSSR count). The van der Waals surface area contributed by atoms with Crippen molar-refractivity contribution in [1.82, 2.24) is 0 Å². The zero-order chi connectivity index (χ0) is 40.4. The molecule has 1 aliphatic heterocycles. The molecule has 0 radical (unpaired) electrons. The van der Waals surface area contributed by atoms with Crippen LogP contribution in [0.15, 0.2) is 72.9 Å². The first-order valence-electron chi connectivity index (χ1n) is 21.0. The van der Waals surface area contributed by atoms with Crippen molar-refractivity contribution >= 4 is 11.9 Å². The van der Waals surface area contributed by atoms with E-state index in [9.17, 15) is 35.1 Å². The maximum Gasteiger partial charge on any atom is 0.306 e. The number of carbonyl (C=O) groups excluding carboxylic acids is 1. The van der Waals surface area contributed by atoms with Crippen molar-refractivity contribution in [3.8, 4) is 0 Å². The van der Waals surface area contributed by atoms with Crippen molar-refractivity contribution in [2.24, 2.45) is 5.92 Å². The third-order valence-corrected chi connectivity index (χ3v) is 9.47. The fourth-order valence-electron chi connectivity index (χ4n) is 6.18. The lowest BCUT2D eigenvalue weighted by Crippen LogP contribution is -2.59. The van der Waals surface area contributed by atoms with E-state index in [0.29, 0.717) is 19.3 Å². The number of aliphatic hydroxyl groups excluding tert-OH is 4. The van der Waals surface area contributed by atoms with E-state index >= 15 is 0 Å². The van der Waals surface area contributed by atoms with Crippen molar-refractivity contribution in [3.05, 3.63) is 72.9 Å². The van der Waals surface area contributed by atoms with Crippen molar-refractivity contribution < 1.29 is 49.3 Å². The summed E-state index contributed by atoms with van der Waals surface area (Å²) in [6.07, 6.45) is 34.7. The molecule has 3 unspecified atom stereocenters. The lowest BCUT2D eigenvalue weighted by atomic mass is 9.94. The van der Waals surface area contributed by atoms with E-state index in [2.05, 4.69) is 86.8 Å². The number of unbranched alkanes of at least 4 members (excludes halogenated alkanes) is 9. The van der Waals surface area contributed by atoms with E-state index in [-0.39, 0.29) is 19.4 Å². The molecule has 0 amide bonds. The number of ether oxygens (including phenoxy) is 3. The van der Waals surface area contributed by atoms with Crippen LogP contribution >= 0.6 is 0 Å². The Hall–Kier alpha value is -2.86. The van der Waals surface area contributed by atoms with Gasteiger partial charge in [0.1, 0.15) is 30.5 Å². The first-order valence-corrected chi connectivity index (χ1v) is 21.0. The van der Waals surface area contributed by atoms with Crippen LogP contribution in [0.4, 0.5) is 0 Å². The minimum absolute atomic E-state index is 0.0161. The summed E-state index contributed by atoms with van der Waals surface area (Å²) in [5.74, 6) is -2.21. The van der Waals surface area contributed by atoms with E-state index < -0.39 is 61.3 Å². The lowest BCUT2D eigenvalue weighted by Gasteiger charge is -2.40. The van der Waals surface area contributed by atoms with Gasteiger partial charge in [0.05, 0.1) is 19.1 Å². The van der Waals surface area contributed by atoms with Gasteiger partial charge in [-0.3, -0.25) is 9.59 Å². The molecule has 0 aliphatic carbocycles. The second kappa shape index (κ2) is 34.4. The standard InChI is InChI=1S/C45H74O10/c1-3-5-7-9-11-13-15-17-19-21-23-25-27-29-31-33-40(47)54-38(36-53-45-43(50)42(49)41(48)39(35-46)55-45)34-37(44(51)52)32-30-28-26-24-22-20-18-16-14-12-10-8-6-4-2/h5-8,11-14,17-20,37-39,41-43,45-46,48-50H,3-4,9-10,15-16,21-36H2,1-2H3,(H,51,52)/t37?,38?,39-,41+,42+,43-,45?/m1/s1. The molecule has 10 nitrogen and oxygen atoms in total. The second-order valence-electron chi connectivity index (χ2n) is 14.3. The van der Waals surface area contributed by atoms with Gasteiger partial charge in [-0.1, -0.05) is 125 Å². The monoisotopic (exact) mass is 775 g/mol. The van der Waals surface area contributed by atoms with Gasteiger partial charge in [-0.05, 0) is 83.5 Å². The number of carboxylic acid groups (broad SMARTS) is 1. The Morgan fingerprint density at radius 3 is 1.65 bits per heavy atom. The van der Waals surface area contributed by atoms with Crippen LogP contribution in [0.1, 0.15) is 142 Å². The van der Waals surface area contributed by atoms with Crippen LogP contribution in [0.5, 0.6) is 0 Å². The van der Waals surface area contributed by atoms with Crippen molar-refractivity contribution in [3.63, 3.8) is 0 Å². The van der Waals surface area contributed by atoms with Crippen LogP contribution in [-0.2, 0) is 23.8 Å². The molecule has 1 heterocycles. The normalized spacial score (nSPS) is 22.0. The Morgan fingerprint density at radius 1 is 0.636 bits per heavy atom.